The Hall–Kier alpha value is -1.91. The fourth-order valence-corrected chi connectivity index (χ4v) is 3.55. The number of hydrogen-bond donors (Lipinski definition) is 1. The van der Waals surface area contributed by atoms with Gasteiger partial charge in [0.25, 0.3) is 0 Å². The summed E-state index contributed by atoms with van der Waals surface area (Å²) in [7, 11) is -3.55. The lowest BCUT2D eigenvalue weighted by Gasteiger charge is -2.18. The van der Waals surface area contributed by atoms with Gasteiger partial charge < -0.3 is 5.32 Å². The number of nitrogens with one attached hydrogen (secondary N) is 1. The van der Waals surface area contributed by atoms with Crippen molar-refractivity contribution < 1.29 is 13.2 Å². The van der Waals surface area contributed by atoms with Crippen LogP contribution in [-0.4, -0.2) is 38.3 Å². The summed E-state index contributed by atoms with van der Waals surface area (Å²) in [6, 6.07) is 8.46. The summed E-state index contributed by atoms with van der Waals surface area (Å²) >= 11 is 0. The standard InChI is InChI=1S/C13H15N3O3S/c14-8-11-3-1-4-12(7-11)10-20(18,19)16-6-2-5-15-13(17)9-16/h1,3-4,7H,2,5-6,9-10H2,(H,15,17). The molecule has 6 nitrogen and oxygen atoms in total. The summed E-state index contributed by atoms with van der Waals surface area (Å²) in [4.78, 5) is 11.4. The molecule has 20 heavy (non-hydrogen) atoms. The van der Waals surface area contributed by atoms with E-state index >= 15 is 0 Å². The van der Waals surface area contributed by atoms with Crippen LogP contribution in [0.25, 0.3) is 0 Å². The molecule has 1 aromatic rings. The molecule has 2 rings (SSSR count). The maximum absolute atomic E-state index is 12.3. The van der Waals surface area contributed by atoms with Crippen LogP contribution in [-0.2, 0) is 20.6 Å². The van der Waals surface area contributed by atoms with E-state index < -0.39 is 10.0 Å². The lowest BCUT2D eigenvalue weighted by atomic mass is 10.2. The monoisotopic (exact) mass is 293 g/mol. The van der Waals surface area contributed by atoms with Crippen molar-refractivity contribution in [1.82, 2.24) is 9.62 Å². The highest BCUT2D eigenvalue weighted by atomic mass is 32.2. The summed E-state index contributed by atoms with van der Waals surface area (Å²) in [5, 5.41) is 11.5. The van der Waals surface area contributed by atoms with E-state index in [4.69, 9.17) is 5.26 Å². The Bertz CT molecular complexity index is 649. The predicted octanol–water partition coefficient (Wildman–Crippen LogP) is 0.210. The number of carbonyl (C=O) groups is 1. The molecule has 0 unspecified atom stereocenters. The average Bonchev–Trinajstić information content (AvgIpc) is 2.63. The Morgan fingerprint density at radius 1 is 1.40 bits per heavy atom. The first-order valence-corrected chi connectivity index (χ1v) is 7.86. The molecule has 106 valence electrons. The van der Waals surface area contributed by atoms with Gasteiger partial charge in [-0.3, -0.25) is 4.79 Å². The van der Waals surface area contributed by atoms with Gasteiger partial charge in [-0.1, -0.05) is 12.1 Å². The van der Waals surface area contributed by atoms with Gasteiger partial charge in [-0.05, 0) is 24.1 Å². The predicted molar refractivity (Wildman–Crippen MR) is 73.0 cm³/mol. The van der Waals surface area contributed by atoms with Crippen LogP contribution < -0.4 is 5.32 Å². The van der Waals surface area contributed by atoms with E-state index in [-0.39, 0.29) is 18.2 Å². The minimum absolute atomic E-state index is 0.139. The van der Waals surface area contributed by atoms with Crippen LogP contribution in [0.3, 0.4) is 0 Å². The fraction of sp³-hybridized carbons (Fsp3) is 0.385. The smallest absolute Gasteiger partial charge is 0.235 e. The van der Waals surface area contributed by atoms with E-state index in [1.165, 1.54) is 4.31 Å². The Morgan fingerprint density at radius 3 is 2.95 bits per heavy atom. The maximum atomic E-state index is 12.3. The van der Waals surface area contributed by atoms with Crippen LogP contribution in [0.1, 0.15) is 17.5 Å². The molecular formula is C13H15N3O3S. The topological polar surface area (TPSA) is 90.3 Å². The highest BCUT2D eigenvalue weighted by Gasteiger charge is 2.26. The first-order chi connectivity index (χ1) is 9.51. The van der Waals surface area contributed by atoms with Crippen molar-refractivity contribution >= 4 is 15.9 Å². The molecule has 0 saturated carbocycles. The van der Waals surface area contributed by atoms with Crippen molar-refractivity contribution in [3.8, 4) is 6.07 Å². The molecule has 1 amide bonds. The quantitative estimate of drug-likeness (QED) is 0.862. The molecule has 1 aliphatic rings. The van der Waals surface area contributed by atoms with Gasteiger partial charge in [0.05, 0.1) is 23.9 Å². The van der Waals surface area contributed by atoms with Crippen LogP contribution in [0, 0.1) is 11.3 Å². The van der Waals surface area contributed by atoms with Crippen LogP contribution in [0.4, 0.5) is 0 Å². The number of nitriles is 1. The Labute approximate surface area is 118 Å². The molecule has 0 radical (unpaired) electrons. The van der Waals surface area contributed by atoms with Crippen LogP contribution >= 0.6 is 0 Å². The van der Waals surface area contributed by atoms with Crippen molar-refractivity contribution in [3.05, 3.63) is 35.4 Å². The Morgan fingerprint density at radius 2 is 2.20 bits per heavy atom. The van der Waals surface area contributed by atoms with Crippen molar-refractivity contribution in [3.63, 3.8) is 0 Å². The lowest BCUT2D eigenvalue weighted by molar-refractivity contribution is -0.120. The van der Waals surface area contributed by atoms with Crippen LogP contribution in [0.2, 0.25) is 0 Å². The van der Waals surface area contributed by atoms with Crippen molar-refractivity contribution in [2.45, 2.75) is 12.2 Å². The molecule has 7 heteroatoms. The third kappa shape index (κ3) is 3.56. The molecule has 1 fully saturated rings. The van der Waals surface area contributed by atoms with Gasteiger partial charge in [-0.25, -0.2) is 8.42 Å². The molecule has 1 aliphatic heterocycles. The highest BCUT2D eigenvalue weighted by molar-refractivity contribution is 7.88. The number of carbonyl (C=O) groups excluding carboxylic acids is 1. The van der Waals surface area contributed by atoms with E-state index in [0.717, 1.165) is 0 Å². The molecule has 0 atom stereocenters. The Kier molecular flexibility index (Phi) is 4.37. The van der Waals surface area contributed by atoms with Crippen molar-refractivity contribution in [2.24, 2.45) is 0 Å². The molecule has 1 N–H and O–H groups in total. The summed E-state index contributed by atoms with van der Waals surface area (Å²) in [6.07, 6.45) is 0.600. The molecule has 0 aromatic heterocycles. The summed E-state index contributed by atoms with van der Waals surface area (Å²) < 4.78 is 25.8. The Balaban J connectivity index is 2.17. The number of amides is 1. The van der Waals surface area contributed by atoms with E-state index in [9.17, 15) is 13.2 Å². The highest BCUT2D eigenvalue weighted by Crippen LogP contribution is 2.13. The van der Waals surface area contributed by atoms with Gasteiger partial charge in [-0.2, -0.15) is 9.57 Å². The van der Waals surface area contributed by atoms with Gasteiger partial charge in [0.1, 0.15) is 0 Å². The minimum atomic E-state index is -3.55. The van der Waals surface area contributed by atoms with E-state index in [1.807, 2.05) is 6.07 Å². The normalized spacial score (nSPS) is 17.1. The van der Waals surface area contributed by atoms with Crippen LogP contribution in [0.15, 0.2) is 24.3 Å². The average molecular weight is 293 g/mol. The number of nitrogens with zero attached hydrogens (tertiary/aromatic N) is 2. The zero-order chi connectivity index (χ0) is 14.6. The first kappa shape index (κ1) is 14.5. The molecule has 0 aliphatic carbocycles. The summed E-state index contributed by atoms with van der Waals surface area (Å²) in [5.41, 5.74) is 0.972. The molecular weight excluding hydrogens is 278 g/mol. The molecule has 1 aromatic carbocycles. The SMILES string of the molecule is N#Cc1cccc(CS(=O)(=O)N2CCCNC(=O)C2)c1. The zero-order valence-corrected chi connectivity index (χ0v) is 11.7. The van der Waals surface area contributed by atoms with E-state index in [2.05, 4.69) is 5.32 Å². The first-order valence-electron chi connectivity index (χ1n) is 6.25. The van der Waals surface area contributed by atoms with Gasteiger partial charge in [-0.15, -0.1) is 0 Å². The fourth-order valence-electron chi connectivity index (χ4n) is 2.05. The van der Waals surface area contributed by atoms with Gasteiger partial charge >= 0.3 is 0 Å². The van der Waals surface area contributed by atoms with Gasteiger partial charge in [0, 0.05) is 13.1 Å². The summed E-state index contributed by atoms with van der Waals surface area (Å²) in [5.74, 6) is -0.479. The number of sulfonamides is 1. The second kappa shape index (κ2) is 6.03. The zero-order valence-electron chi connectivity index (χ0n) is 10.9. The molecule has 1 saturated heterocycles. The summed E-state index contributed by atoms with van der Waals surface area (Å²) in [6.45, 7) is 0.689. The van der Waals surface area contributed by atoms with E-state index in [1.54, 1.807) is 24.3 Å². The number of rotatable bonds is 3. The van der Waals surface area contributed by atoms with Gasteiger partial charge in [0.15, 0.2) is 0 Å². The van der Waals surface area contributed by atoms with Crippen molar-refractivity contribution in [1.29, 1.82) is 5.26 Å². The number of benzene rings is 1. The maximum Gasteiger partial charge on any atom is 0.235 e. The van der Waals surface area contributed by atoms with E-state index in [0.29, 0.717) is 30.6 Å². The third-order valence-electron chi connectivity index (χ3n) is 3.02. The van der Waals surface area contributed by atoms with Crippen LogP contribution in [0.5, 0.6) is 0 Å². The second-order valence-corrected chi connectivity index (χ2v) is 6.57. The molecule has 0 bridgehead atoms. The van der Waals surface area contributed by atoms with Gasteiger partial charge in [0.2, 0.25) is 15.9 Å². The minimum Gasteiger partial charge on any atom is -0.355 e. The second-order valence-electron chi connectivity index (χ2n) is 4.61. The molecule has 0 spiro atoms. The number of hydrogen-bond acceptors (Lipinski definition) is 4. The third-order valence-corrected chi connectivity index (χ3v) is 4.82. The largest absolute Gasteiger partial charge is 0.355 e. The van der Waals surface area contributed by atoms with Crippen molar-refractivity contribution in [2.75, 3.05) is 19.6 Å². The molecule has 1 heterocycles. The lowest BCUT2D eigenvalue weighted by Crippen LogP contribution is -2.38.